The van der Waals surface area contributed by atoms with Crippen molar-refractivity contribution in [3.8, 4) is 0 Å². The van der Waals surface area contributed by atoms with E-state index in [1.165, 1.54) is 18.4 Å². The molecular weight excluding hydrogens is 265 g/mol. The van der Waals surface area contributed by atoms with Crippen molar-refractivity contribution >= 4 is 23.2 Å². The van der Waals surface area contributed by atoms with Gasteiger partial charge in [0.05, 0.1) is 5.38 Å². The van der Waals surface area contributed by atoms with Gasteiger partial charge in [0.1, 0.15) is 0 Å². The molecule has 2 rings (SSSR count). The van der Waals surface area contributed by atoms with Gasteiger partial charge in [-0.2, -0.15) is 0 Å². The van der Waals surface area contributed by atoms with E-state index in [1.54, 1.807) is 0 Å². The minimum Gasteiger partial charge on any atom is -0.311 e. The van der Waals surface area contributed by atoms with Gasteiger partial charge in [0, 0.05) is 10.6 Å². The van der Waals surface area contributed by atoms with Gasteiger partial charge in [-0.1, -0.05) is 37.1 Å². The molecule has 0 aromatic heterocycles. The molecule has 3 heteroatoms. The maximum atomic E-state index is 6.28. The molecule has 0 spiro atoms. The van der Waals surface area contributed by atoms with Gasteiger partial charge < -0.3 is 5.32 Å². The van der Waals surface area contributed by atoms with Crippen molar-refractivity contribution in [2.24, 2.45) is 11.8 Å². The zero-order valence-corrected chi connectivity index (χ0v) is 13.0. The number of halogens is 2. The Hall–Kier alpha value is 0.0200. The summed E-state index contributed by atoms with van der Waals surface area (Å²) in [5.74, 6) is 1.31. The molecule has 1 nitrogen and oxygen atoms in total. The van der Waals surface area contributed by atoms with Gasteiger partial charge in [0.2, 0.25) is 0 Å². The minimum atomic E-state index is -0.0319. The van der Waals surface area contributed by atoms with Crippen molar-refractivity contribution in [2.45, 2.75) is 50.9 Å². The Bertz CT molecular complexity index is 373. The Morgan fingerprint density at radius 1 is 1.44 bits per heavy atom. The average molecular weight is 288 g/mol. The van der Waals surface area contributed by atoms with E-state index in [-0.39, 0.29) is 10.9 Å². The molecule has 2 aliphatic rings. The van der Waals surface area contributed by atoms with Crippen molar-refractivity contribution in [3.63, 3.8) is 0 Å². The Balaban J connectivity index is 2.17. The number of allylic oxidation sites excluding steroid dienone is 3. The maximum absolute atomic E-state index is 6.28. The summed E-state index contributed by atoms with van der Waals surface area (Å²) in [6.45, 7) is 8.04. The highest BCUT2D eigenvalue weighted by molar-refractivity contribution is 6.37. The summed E-state index contributed by atoms with van der Waals surface area (Å²) in [6, 6.07) is 0. The predicted octanol–water partition coefficient (Wildman–Crippen LogP) is 4.46. The highest BCUT2D eigenvalue weighted by atomic mass is 35.5. The zero-order valence-electron chi connectivity index (χ0n) is 11.5. The lowest BCUT2D eigenvalue weighted by atomic mass is 9.75. The van der Waals surface area contributed by atoms with Gasteiger partial charge in [-0.3, -0.25) is 0 Å². The van der Waals surface area contributed by atoms with Crippen LogP contribution in [-0.2, 0) is 0 Å². The van der Waals surface area contributed by atoms with E-state index in [0.717, 1.165) is 18.0 Å². The second kappa shape index (κ2) is 5.56. The summed E-state index contributed by atoms with van der Waals surface area (Å²) in [5.41, 5.74) is 1.68. The third-order valence-electron chi connectivity index (χ3n) is 4.18. The molecule has 102 valence electrons. The lowest BCUT2D eigenvalue weighted by Crippen LogP contribution is -2.43. The molecule has 1 aliphatic heterocycles. The molecule has 1 N–H and O–H groups in total. The second-order valence-corrected chi connectivity index (χ2v) is 7.21. The first-order valence-corrected chi connectivity index (χ1v) is 7.69. The molecule has 3 atom stereocenters. The van der Waals surface area contributed by atoms with Crippen LogP contribution in [0.3, 0.4) is 0 Å². The first kappa shape index (κ1) is 14.4. The summed E-state index contributed by atoms with van der Waals surface area (Å²) in [5, 5.41) is 4.44. The highest BCUT2D eigenvalue weighted by Gasteiger charge is 2.41. The van der Waals surface area contributed by atoms with Crippen molar-refractivity contribution in [1.29, 1.82) is 0 Å². The molecule has 0 radical (unpaired) electrons. The predicted molar refractivity (Wildman–Crippen MR) is 80.2 cm³/mol. The highest BCUT2D eigenvalue weighted by Crippen LogP contribution is 2.41. The van der Waals surface area contributed by atoms with Gasteiger partial charge in [0.15, 0.2) is 0 Å². The Morgan fingerprint density at radius 2 is 2.17 bits per heavy atom. The molecular formula is C15H23Cl2N. The van der Waals surface area contributed by atoms with Gasteiger partial charge in [-0.05, 0) is 50.6 Å². The molecule has 1 saturated heterocycles. The van der Waals surface area contributed by atoms with Gasteiger partial charge in [-0.15, -0.1) is 11.6 Å². The zero-order chi connectivity index (χ0) is 13.3. The molecule has 0 saturated carbocycles. The lowest BCUT2D eigenvalue weighted by Gasteiger charge is -2.36. The van der Waals surface area contributed by atoms with Crippen LogP contribution in [0.25, 0.3) is 0 Å². The Morgan fingerprint density at radius 3 is 2.78 bits per heavy atom. The fourth-order valence-corrected chi connectivity index (χ4v) is 3.91. The molecule has 0 aromatic rings. The molecule has 0 bridgehead atoms. The topological polar surface area (TPSA) is 12.0 Å². The van der Waals surface area contributed by atoms with Crippen molar-refractivity contribution in [2.75, 3.05) is 6.54 Å². The third-order valence-corrected chi connectivity index (χ3v) is 5.07. The van der Waals surface area contributed by atoms with Crippen molar-refractivity contribution in [1.82, 2.24) is 5.32 Å². The molecule has 0 amide bonds. The SMILES string of the molecule is CC(C)C[C@]1(C)NCCC1C1=CC=C(Cl)C(Cl)C1. The molecule has 2 unspecified atom stereocenters. The summed E-state index contributed by atoms with van der Waals surface area (Å²) < 4.78 is 0. The van der Waals surface area contributed by atoms with E-state index in [4.69, 9.17) is 23.2 Å². The molecule has 18 heavy (non-hydrogen) atoms. The van der Waals surface area contributed by atoms with Crippen molar-refractivity contribution < 1.29 is 0 Å². The smallest absolute Gasteiger partial charge is 0.0729 e. The molecule has 1 fully saturated rings. The summed E-state index contributed by atoms with van der Waals surface area (Å²) in [7, 11) is 0. The standard InChI is InChI=1S/C15H23Cl2N/c1-10(2)9-15(3)12(6-7-18-15)11-4-5-13(16)14(17)8-11/h4-5,10,12,14,18H,6-9H2,1-3H3/t12?,14?,15-/m0/s1. The van der Waals surface area contributed by atoms with Gasteiger partial charge in [0.25, 0.3) is 0 Å². The number of nitrogens with one attached hydrogen (secondary N) is 1. The normalized spacial score (nSPS) is 36.8. The van der Waals surface area contributed by atoms with Crippen LogP contribution in [-0.4, -0.2) is 17.5 Å². The van der Waals surface area contributed by atoms with Crippen molar-refractivity contribution in [3.05, 3.63) is 22.8 Å². The number of hydrogen-bond acceptors (Lipinski definition) is 1. The van der Waals surface area contributed by atoms with Crippen LogP contribution in [0, 0.1) is 11.8 Å². The Labute approximate surface area is 121 Å². The van der Waals surface area contributed by atoms with E-state index < -0.39 is 0 Å². The average Bonchev–Trinajstić information content (AvgIpc) is 2.63. The van der Waals surface area contributed by atoms with E-state index in [1.807, 2.05) is 6.08 Å². The van der Waals surface area contributed by atoms with Crippen LogP contribution in [0.5, 0.6) is 0 Å². The van der Waals surface area contributed by atoms with Crippen LogP contribution < -0.4 is 5.32 Å². The van der Waals surface area contributed by atoms with E-state index in [2.05, 4.69) is 32.2 Å². The lowest BCUT2D eigenvalue weighted by molar-refractivity contribution is 0.274. The summed E-state index contributed by atoms with van der Waals surface area (Å²) >= 11 is 12.3. The van der Waals surface area contributed by atoms with Crippen LogP contribution >= 0.6 is 23.2 Å². The first-order valence-electron chi connectivity index (χ1n) is 6.87. The summed E-state index contributed by atoms with van der Waals surface area (Å²) in [4.78, 5) is 0. The second-order valence-electron chi connectivity index (χ2n) is 6.25. The largest absolute Gasteiger partial charge is 0.311 e. The molecule has 1 aliphatic carbocycles. The third kappa shape index (κ3) is 2.95. The molecule has 1 heterocycles. The van der Waals surface area contributed by atoms with E-state index >= 15 is 0 Å². The number of hydrogen-bond donors (Lipinski definition) is 1. The van der Waals surface area contributed by atoms with Crippen LogP contribution in [0.1, 0.15) is 40.0 Å². The van der Waals surface area contributed by atoms with Gasteiger partial charge >= 0.3 is 0 Å². The maximum Gasteiger partial charge on any atom is 0.0729 e. The fraction of sp³-hybridized carbons (Fsp3) is 0.733. The number of alkyl halides is 1. The quantitative estimate of drug-likeness (QED) is 0.756. The Kier molecular flexibility index (Phi) is 4.46. The van der Waals surface area contributed by atoms with Crippen LogP contribution in [0.15, 0.2) is 22.8 Å². The number of rotatable bonds is 3. The van der Waals surface area contributed by atoms with Crippen LogP contribution in [0.4, 0.5) is 0 Å². The van der Waals surface area contributed by atoms with E-state index in [0.29, 0.717) is 11.8 Å². The molecule has 0 aromatic carbocycles. The van der Waals surface area contributed by atoms with Gasteiger partial charge in [-0.25, -0.2) is 0 Å². The van der Waals surface area contributed by atoms with Crippen LogP contribution in [0.2, 0.25) is 0 Å². The summed E-state index contributed by atoms with van der Waals surface area (Å²) in [6.07, 6.45) is 7.49. The van der Waals surface area contributed by atoms with E-state index in [9.17, 15) is 0 Å². The first-order chi connectivity index (χ1) is 8.42. The monoisotopic (exact) mass is 287 g/mol. The minimum absolute atomic E-state index is 0.0319. The fourth-order valence-electron chi connectivity index (χ4n) is 3.52.